The van der Waals surface area contributed by atoms with Crippen molar-refractivity contribution in [2.75, 3.05) is 14.2 Å². The predicted molar refractivity (Wildman–Crippen MR) is 78.7 cm³/mol. The van der Waals surface area contributed by atoms with E-state index < -0.39 is 5.97 Å². The fraction of sp³-hybridized carbons (Fsp3) is 0.133. The van der Waals surface area contributed by atoms with Crippen LogP contribution in [0.5, 0.6) is 11.5 Å². The van der Waals surface area contributed by atoms with E-state index in [2.05, 4.69) is 10.1 Å². The topological polar surface area (TPSA) is 97.3 Å². The van der Waals surface area contributed by atoms with Crippen LogP contribution < -0.4 is 20.2 Å². The van der Waals surface area contributed by atoms with E-state index in [0.717, 1.165) is 0 Å². The molecule has 22 heavy (non-hydrogen) atoms. The fourth-order valence-corrected chi connectivity index (χ4v) is 1.79. The number of pyridine rings is 1. The molecule has 2 aromatic rings. The number of nitrogens with zero attached hydrogens (tertiary/aromatic N) is 1. The molecule has 0 spiro atoms. The number of oxime groups is 1. The van der Waals surface area contributed by atoms with Crippen molar-refractivity contribution >= 4 is 11.8 Å². The van der Waals surface area contributed by atoms with Crippen molar-refractivity contribution in [2.45, 2.75) is 0 Å². The van der Waals surface area contributed by atoms with Crippen molar-refractivity contribution in [3.8, 4) is 11.5 Å². The Labute approximate surface area is 127 Å². The van der Waals surface area contributed by atoms with Crippen LogP contribution in [0.3, 0.4) is 0 Å². The Morgan fingerprint density at radius 1 is 1.14 bits per heavy atom. The molecule has 0 bridgehead atoms. The molecule has 1 heterocycles. The Morgan fingerprint density at radius 2 is 1.82 bits per heavy atom. The summed E-state index contributed by atoms with van der Waals surface area (Å²) < 4.78 is 10.3. The number of methoxy groups -OCH3 is 2. The molecule has 0 saturated carbocycles. The van der Waals surface area contributed by atoms with Gasteiger partial charge in [-0.15, -0.1) is 0 Å². The highest BCUT2D eigenvalue weighted by Crippen LogP contribution is 2.28. The summed E-state index contributed by atoms with van der Waals surface area (Å²) in [5.74, 6) is -0.00597. The van der Waals surface area contributed by atoms with Crippen molar-refractivity contribution in [3.05, 3.63) is 53.9 Å². The summed E-state index contributed by atoms with van der Waals surface area (Å²) in [6, 6.07) is 8.43. The van der Waals surface area contributed by atoms with Gasteiger partial charge in [-0.2, -0.15) is 0 Å². The monoisotopic (exact) mass is 302 g/mol. The van der Waals surface area contributed by atoms with Gasteiger partial charge in [0.05, 0.1) is 19.8 Å². The third-order valence-electron chi connectivity index (χ3n) is 2.86. The molecule has 7 heteroatoms. The van der Waals surface area contributed by atoms with Crippen LogP contribution in [0.2, 0.25) is 0 Å². The van der Waals surface area contributed by atoms with E-state index in [4.69, 9.17) is 20.0 Å². The van der Waals surface area contributed by atoms with Gasteiger partial charge in [-0.1, -0.05) is 11.2 Å². The Morgan fingerprint density at radius 3 is 2.36 bits per heavy atom. The number of ether oxygens (including phenoxy) is 2. The molecule has 2 rings (SSSR count). The number of amidine groups is 1. The van der Waals surface area contributed by atoms with Gasteiger partial charge in [-0.25, -0.2) is 9.78 Å². The lowest BCUT2D eigenvalue weighted by molar-refractivity contribution is -0.378. The first-order valence-electron chi connectivity index (χ1n) is 6.39. The minimum Gasteiger partial charge on any atom is -0.496 e. The number of nitrogens with one attached hydrogen (secondary N) is 1. The molecule has 0 amide bonds. The first-order chi connectivity index (χ1) is 10.7. The number of aromatic nitrogens is 1. The van der Waals surface area contributed by atoms with Crippen molar-refractivity contribution < 1.29 is 24.1 Å². The van der Waals surface area contributed by atoms with E-state index in [1.165, 1.54) is 14.2 Å². The van der Waals surface area contributed by atoms with Crippen molar-refractivity contribution in [3.63, 3.8) is 0 Å². The molecule has 0 unspecified atom stereocenters. The molecule has 3 N–H and O–H groups in total. The summed E-state index contributed by atoms with van der Waals surface area (Å²) in [5, 5.41) is 3.64. The molecule has 0 aliphatic heterocycles. The smallest absolute Gasteiger partial charge is 0.373 e. The van der Waals surface area contributed by atoms with Crippen LogP contribution in [0.25, 0.3) is 0 Å². The van der Waals surface area contributed by atoms with Gasteiger partial charge in [0.2, 0.25) is 0 Å². The first kappa shape index (κ1) is 15.3. The maximum Gasteiger partial charge on any atom is 0.373 e. The fourth-order valence-electron chi connectivity index (χ4n) is 1.79. The summed E-state index contributed by atoms with van der Waals surface area (Å²) in [5.41, 5.74) is 6.49. The quantitative estimate of drug-likeness (QED) is 0.384. The van der Waals surface area contributed by atoms with Gasteiger partial charge in [-0.3, -0.25) is 0 Å². The molecule has 0 atom stereocenters. The molecule has 0 saturated heterocycles. The number of carbonyl (C=O) groups is 1. The lowest BCUT2D eigenvalue weighted by atomic mass is 10.2. The van der Waals surface area contributed by atoms with Gasteiger partial charge < -0.3 is 20.0 Å². The molecule has 0 radical (unpaired) electrons. The molecule has 0 aliphatic carbocycles. The van der Waals surface area contributed by atoms with E-state index in [0.29, 0.717) is 17.1 Å². The second-order valence-corrected chi connectivity index (χ2v) is 4.18. The highest BCUT2D eigenvalue weighted by molar-refractivity contribution is 5.99. The zero-order valence-electron chi connectivity index (χ0n) is 12.2. The summed E-state index contributed by atoms with van der Waals surface area (Å²) in [6.45, 7) is 0. The van der Waals surface area contributed by atoms with E-state index in [9.17, 15) is 4.79 Å². The van der Waals surface area contributed by atoms with Gasteiger partial charge in [0.15, 0.2) is 18.2 Å². The minimum atomic E-state index is -0.725. The lowest BCUT2D eigenvalue weighted by Crippen LogP contribution is -2.18. The zero-order valence-corrected chi connectivity index (χ0v) is 12.2. The summed E-state index contributed by atoms with van der Waals surface area (Å²) in [4.78, 5) is 19.9. The Kier molecular flexibility index (Phi) is 4.92. The largest absolute Gasteiger partial charge is 0.496 e. The Balaban J connectivity index is 2.23. The van der Waals surface area contributed by atoms with E-state index in [1.54, 1.807) is 42.7 Å². The van der Waals surface area contributed by atoms with Gasteiger partial charge in [0, 0.05) is 6.07 Å². The number of H-pyrrole nitrogens is 1. The van der Waals surface area contributed by atoms with Crippen LogP contribution in [0.4, 0.5) is 0 Å². The van der Waals surface area contributed by atoms with Crippen molar-refractivity contribution in [1.82, 2.24) is 0 Å². The maximum absolute atomic E-state index is 12.2. The van der Waals surface area contributed by atoms with Crippen LogP contribution in [0.15, 0.2) is 47.9 Å². The molecule has 0 fully saturated rings. The zero-order chi connectivity index (χ0) is 15.9. The third kappa shape index (κ3) is 3.32. The van der Waals surface area contributed by atoms with E-state index >= 15 is 0 Å². The molecule has 0 aliphatic rings. The average molecular weight is 302 g/mol. The summed E-state index contributed by atoms with van der Waals surface area (Å²) in [6.07, 6.45) is 3.36. The van der Waals surface area contributed by atoms with Gasteiger partial charge in [0.1, 0.15) is 17.1 Å². The Hall–Kier alpha value is -3.09. The number of benzene rings is 1. The normalized spacial score (nSPS) is 10.9. The second-order valence-electron chi connectivity index (χ2n) is 4.18. The second kappa shape index (κ2) is 7.07. The number of nitrogens with two attached hydrogens (primary N) is 1. The van der Waals surface area contributed by atoms with Gasteiger partial charge >= 0.3 is 5.97 Å². The Bertz CT molecular complexity index is 664. The number of rotatable bonds is 5. The number of aromatic amines is 1. The highest BCUT2D eigenvalue weighted by atomic mass is 16.7. The number of hydrogen-bond donors (Lipinski definition) is 1. The predicted octanol–water partition coefficient (Wildman–Crippen LogP) is 0.995. The molecular formula is C15H16N3O4+. The molecule has 114 valence electrons. The average Bonchev–Trinajstić information content (AvgIpc) is 2.59. The third-order valence-corrected chi connectivity index (χ3v) is 2.86. The molecular weight excluding hydrogens is 286 g/mol. The van der Waals surface area contributed by atoms with Crippen LogP contribution >= 0.6 is 0 Å². The molecule has 7 nitrogen and oxygen atoms in total. The highest BCUT2D eigenvalue weighted by Gasteiger charge is 2.20. The number of hydrogen-bond acceptors (Lipinski definition) is 5. The summed E-state index contributed by atoms with van der Waals surface area (Å²) in [7, 11) is 2.89. The molecule has 1 aromatic heterocycles. The summed E-state index contributed by atoms with van der Waals surface area (Å²) >= 11 is 0. The van der Waals surface area contributed by atoms with Crippen LogP contribution in [0, 0.1) is 0 Å². The van der Waals surface area contributed by atoms with Crippen LogP contribution in [0.1, 0.15) is 15.9 Å². The van der Waals surface area contributed by atoms with Crippen molar-refractivity contribution in [2.24, 2.45) is 10.9 Å². The first-order valence-corrected chi connectivity index (χ1v) is 6.39. The van der Waals surface area contributed by atoms with Crippen LogP contribution in [-0.2, 0) is 4.84 Å². The maximum atomic E-state index is 12.2. The van der Waals surface area contributed by atoms with E-state index in [-0.39, 0.29) is 11.4 Å². The molecule has 1 aromatic carbocycles. The SMILES string of the molecule is COc1cccc(OC)c1C(=O)ON=C(N)c1ccc[nH+]c1. The van der Waals surface area contributed by atoms with Gasteiger partial charge in [0.25, 0.3) is 0 Å². The minimum absolute atomic E-state index is 0.0686. The standard InChI is InChI=1S/C15H15N3O4/c1-20-11-6-3-7-12(21-2)13(11)15(19)22-18-14(16)10-5-4-8-17-9-10/h3-9H,1-2H3,(H2,16,18)/p+1. The van der Waals surface area contributed by atoms with Gasteiger partial charge in [-0.05, 0) is 18.2 Å². The van der Waals surface area contributed by atoms with Crippen molar-refractivity contribution in [1.29, 1.82) is 0 Å². The number of carbonyl (C=O) groups excluding carboxylic acids is 1. The lowest BCUT2D eigenvalue weighted by Gasteiger charge is -2.10. The van der Waals surface area contributed by atoms with E-state index in [1.807, 2.05) is 0 Å². The van der Waals surface area contributed by atoms with Crippen LogP contribution in [-0.4, -0.2) is 26.0 Å².